The Kier molecular flexibility index (Phi) is 3.20. The molecular formula is C13H15BrN2. The number of rotatable bonds is 2. The van der Waals surface area contributed by atoms with Crippen LogP contribution in [0.5, 0.6) is 0 Å². The molecule has 1 aromatic carbocycles. The van der Waals surface area contributed by atoms with Gasteiger partial charge in [-0.15, -0.1) is 0 Å². The van der Waals surface area contributed by atoms with Crippen molar-refractivity contribution in [1.82, 2.24) is 0 Å². The topological polar surface area (TPSA) is 27.0 Å². The van der Waals surface area contributed by atoms with Gasteiger partial charge >= 0.3 is 0 Å². The van der Waals surface area contributed by atoms with Crippen LogP contribution < -0.4 is 4.90 Å². The van der Waals surface area contributed by atoms with Crippen LogP contribution in [-0.4, -0.2) is 13.1 Å². The first-order valence-electron chi connectivity index (χ1n) is 5.56. The minimum absolute atomic E-state index is 0.734. The largest absolute Gasteiger partial charge is 0.370 e. The van der Waals surface area contributed by atoms with E-state index >= 15 is 0 Å². The summed E-state index contributed by atoms with van der Waals surface area (Å²) >= 11 is 3.39. The standard InChI is InChI=1S/C13H15BrN2/c1-9(2)11-7-16(8-11)13-4-3-12(14)5-10(13)6-15/h3-5,9,11H,7-8H2,1-2H3. The third kappa shape index (κ3) is 2.08. The lowest BCUT2D eigenvalue weighted by molar-refractivity contribution is 0.310. The fourth-order valence-electron chi connectivity index (χ4n) is 2.00. The molecule has 84 valence electrons. The second kappa shape index (κ2) is 4.47. The Bertz CT molecular complexity index is 428. The van der Waals surface area contributed by atoms with Crippen molar-refractivity contribution in [3.05, 3.63) is 28.2 Å². The Morgan fingerprint density at radius 2 is 2.12 bits per heavy atom. The quantitative estimate of drug-likeness (QED) is 0.829. The highest BCUT2D eigenvalue weighted by molar-refractivity contribution is 9.10. The van der Waals surface area contributed by atoms with Gasteiger partial charge in [-0.05, 0) is 30.0 Å². The maximum atomic E-state index is 9.09. The van der Waals surface area contributed by atoms with Crippen molar-refractivity contribution >= 4 is 21.6 Å². The third-order valence-electron chi connectivity index (χ3n) is 3.27. The van der Waals surface area contributed by atoms with Crippen LogP contribution in [0.15, 0.2) is 22.7 Å². The molecule has 0 saturated carbocycles. The summed E-state index contributed by atoms with van der Waals surface area (Å²) in [6, 6.07) is 8.17. The summed E-state index contributed by atoms with van der Waals surface area (Å²) in [4.78, 5) is 2.29. The van der Waals surface area contributed by atoms with Gasteiger partial charge in [0.1, 0.15) is 6.07 Å². The molecule has 1 saturated heterocycles. The Labute approximate surface area is 105 Å². The van der Waals surface area contributed by atoms with Crippen LogP contribution in [0.1, 0.15) is 19.4 Å². The Balaban J connectivity index is 2.15. The molecule has 0 bridgehead atoms. The van der Waals surface area contributed by atoms with Gasteiger partial charge in [0, 0.05) is 17.6 Å². The molecule has 0 aliphatic carbocycles. The molecule has 2 nitrogen and oxygen atoms in total. The number of nitriles is 1. The fourth-order valence-corrected chi connectivity index (χ4v) is 2.37. The van der Waals surface area contributed by atoms with Crippen LogP contribution in [0.2, 0.25) is 0 Å². The maximum absolute atomic E-state index is 9.09. The Hall–Kier alpha value is -1.01. The summed E-state index contributed by atoms with van der Waals surface area (Å²) in [5.74, 6) is 1.51. The van der Waals surface area contributed by atoms with Gasteiger partial charge in [0.25, 0.3) is 0 Å². The van der Waals surface area contributed by atoms with E-state index in [0.717, 1.165) is 40.6 Å². The number of anilines is 1. The van der Waals surface area contributed by atoms with Gasteiger partial charge in [-0.25, -0.2) is 0 Å². The molecular weight excluding hydrogens is 264 g/mol. The first-order valence-corrected chi connectivity index (χ1v) is 6.35. The molecule has 1 aromatic rings. The van der Waals surface area contributed by atoms with Gasteiger partial charge in [0.2, 0.25) is 0 Å². The van der Waals surface area contributed by atoms with Crippen molar-refractivity contribution in [2.45, 2.75) is 13.8 Å². The highest BCUT2D eigenvalue weighted by Crippen LogP contribution is 2.32. The molecule has 0 unspecified atom stereocenters. The van der Waals surface area contributed by atoms with E-state index in [4.69, 9.17) is 5.26 Å². The summed E-state index contributed by atoms with van der Waals surface area (Å²) in [5, 5.41) is 9.09. The van der Waals surface area contributed by atoms with Crippen molar-refractivity contribution in [3.63, 3.8) is 0 Å². The molecule has 1 aliphatic heterocycles. The predicted molar refractivity (Wildman–Crippen MR) is 69.4 cm³/mol. The molecule has 3 heteroatoms. The van der Waals surface area contributed by atoms with E-state index in [9.17, 15) is 0 Å². The van der Waals surface area contributed by atoms with E-state index in [2.05, 4.69) is 40.7 Å². The van der Waals surface area contributed by atoms with E-state index in [1.54, 1.807) is 0 Å². The van der Waals surface area contributed by atoms with Crippen molar-refractivity contribution in [2.24, 2.45) is 11.8 Å². The molecule has 0 amide bonds. The van der Waals surface area contributed by atoms with Crippen LogP contribution in [0.4, 0.5) is 5.69 Å². The van der Waals surface area contributed by atoms with E-state index in [1.165, 1.54) is 0 Å². The van der Waals surface area contributed by atoms with Crippen molar-refractivity contribution in [1.29, 1.82) is 5.26 Å². The molecule has 0 spiro atoms. The first-order chi connectivity index (χ1) is 7.61. The van der Waals surface area contributed by atoms with Crippen LogP contribution in [0.25, 0.3) is 0 Å². The molecule has 16 heavy (non-hydrogen) atoms. The van der Waals surface area contributed by atoms with Crippen molar-refractivity contribution in [3.8, 4) is 6.07 Å². The molecule has 0 atom stereocenters. The number of halogens is 1. The Morgan fingerprint density at radius 3 is 2.69 bits per heavy atom. The smallest absolute Gasteiger partial charge is 0.101 e. The van der Waals surface area contributed by atoms with Gasteiger partial charge in [-0.2, -0.15) is 5.26 Å². The summed E-state index contributed by atoms with van der Waals surface area (Å²) in [6.07, 6.45) is 0. The van der Waals surface area contributed by atoms with E-state index in [-0.39, 0.29) is 0 Å². The molecule has 0 aromatic heterocycles. The fraction of sp³-hybridized carbons (Fsp3) is 0.462. The van der Waals surface area contributed by atoms with Gasteiger partial charge < -0.3 is 4.90 Å². The van der Waals surface area contributed by atoms with Crippen molar-refractivity contribution < 1.29 is 0 Å². The summed E-state index contributed by atoms with van der Waals surface area (Å²) in [7, 11) is 0. The van der Waals surface area contributed by atoms with Crippen LogP contribution in [0.3, 0.4) is 0 Å². The molecule has 1 aliphatic rings. The van der Waals surface area contributed by atoms with Gasteiger partial charge in [0.15, 0.2) is 0 Å². The minimum atomic E-state index is 0.734. The zero-order valence-electron chi connectivity index (χ0n) is 9.57. The number of hydrogen-bond acceptors (Lipinski definition) is 2. The van der Waals surface area contributed by atoms with Crippen molar-refractivity contribution in [2.75, 3.05) is 18.0 Å². The lowest BCUT2D eigenvalue weighted by Gasteiger charge is -2.43. The van der Waals surface area contributed by atoms with Crippen LogP contribution in [-0.2, 0) is 0 Å². The second-order valence-corrected chi connectivity index (χ2v) is 5.60. The molecule has 0 radical (unpaired) electrons. The number of nitrogens with zero attached hydrogens (tertiary/aromatic N) is 2. The maximum Gasteiger partial charge on any atom is 0.101 e. The third-order valence-corrected chi connectivity index (χ3v) is 3.77. The average Bonchev–Trinajstić information content (AvgIpc) is 2.17. The second-order valence-electron chi connectivity index (χ2n) is 4.68. The highest BCUT2D eigenvalue weighted by atomic mass is 79.9. The Morgan fingerprint density at radius 1 is 1.44 bits per heavy atom. The van der Waals surface area contributed by atoms with E-state index in [1.807, 2.05) is 18.2 Å². The van der Waals surface area contributed by atoms with Gasteiger partial charge in [-0.3, -0.25) is 0 Å². The minimum Gasteiger partial charge on any atom is -0.370 e. The van der Waals surface area contributed by atoms with Crippen LogP contribution in [0, 0.1) is 23.2 Å². The number of benzene rings is 1. The van der Waals surface area contributed by atoms with Crippen LogP contribution >= 0.6 is 15.9 Å². The lowest BCUT2D eigenvalue weighted by atomic mass is 9.87. The molecule has 0 N–H and O–H groups in total. The molecule has 1 heterocycles. The molecule has 1 fully saturated rings. The molecule has 2 rings (SSSR count). The normalized spacial score (nSPS) is 16.1. The monoisotopic (exact) mass is 278 g/mol. The van der Waals surface area contributed by atoms with Gasteiger partial charge in [0.05, 0.1) is 11.3 Å². The summed E-state index contributed by atoms with van der Waals surface area (Å²) in [6.45, 7) is 6.67. The zero-order valence-corrected chi connectivity index (χ0v) is 11.2. The first kappa shape index (κ1) is 11.5. The van der Waals surface area contributed by atoms with E-state index in [0.29, 0.717) is 0 Å². The lowest BCUT2D eigenvalue weighted by Crippen LogP contribution is -2.49. The highest BCUT2D eigenvalue weighted by Gasteiger charge is 2.30. The van der Waals surface area contributed by atoms with Gasteiger partial charge in [-0.1, -0.05) is 29.8 Å². The average molecular weight is 279 g/mol. The summed E-state index contributed by atoms with van der Waals surface area (Å²) < 4.78 is 0.966. The van der Waals surface area contributed by atoms with E-state index < -0.39 is 0 Å². The SMILES string of the molecule is CC(C)C1CN(c2ccc(Br)cc2C#N)C1. The number of hydrogen-bond donors (Lipinski definition) is 0. The summed E-state index contributed by atoms with van der Waals surface area (Å²) in [5.41, 5.74) is 1.83. The zero-order chi connectivity index (χ0) is 11.7. The predicted octanol–water partition coefficient (Wildman–Crippen LogP) is 3.41.